The van der Waals surface area contributed by atoms with Crippen LogP contribution >= 0.6 is 0 Å². The van der Waals surface area contributed by atoms with Crippen molar-refractivity contribution in [1.29, 1.82) is 0 Å². The zero-order chi connectivity index (χ0) is 19.4. The number of carbonyl (C=O) groups excluding carboxylic acids is 2. The zero-order valence-corrected chi connectivity index (χ0v) is 15.5. The van der Waals surface area contributed by atoms with Gasteiger partial charge < -0.3 is 24.3 Å². The lowest BCUT2D eigenvalue weighted by atomic mass is 10.1. The number of anilines is 1. The Kier molecular flexibility index (Phi) is 5.49. The number of esters is 1. The number of benzene rings is 2. The zero-order valence-electron chi connectivity index (χ0n) is 15.5. The Bertz CT molecular complexity index is 860. The van der Waals surface area contributed by atoms with E-state index in [0.29, 0.717) is 36.1 Å². The molecule has 0 radical (unpaired) electrons. The number of aryl methyl sites for hydroxylation is 2. The smallest absolute Gasteiger partial charge is 0.338 e. The van der Waals surface area contributed by atoms with E-state index in [2.05, 4.69) is 5.32 Å². The molecule has 0 aromatic heterocycles. The molecule has 27 heavy (non-hydrogen) atoms. The summed E-state index contributed by atoms with van der Waals surface area (Å²) in [6, 6.07) is 8.75. The summed E-state index contributed by atoms with van der Waals surface area (Å²) in [5.74, 6) is 0.169. The molecule has 7 nitrogen and oxygen atoms in total. The quantitative estimate of drug-likeness (QED) is 0.814. The van der Waals surface area contributed by atoms with Gasteiger partial charge >= 0.3 is 5.97 Å². The Hall–Kier alpha value is -3.22. The first-order valence-corrected chi connectivity index (χ1v) is 8.50. The number of hydrogen-bond acceptors (Lipinski definition) is 6. The lowest BCUT2D eigenvalue weighted by Gasteiger charge is -2.21. The molecule has 3 rings (SSSR count). The maximum atomic E-state index is 12.3. The van der Waals surface area contributed by atoms with E-state index < -0.39 is 18.5 Å². The molecule has 0 saturated carbocycles. The van der Waals surface area contributed by atoms with Gasteiger partial charge in [0.15, 0.2) is 18.1 Å². The summed E-state index contributed by atoms with van der Waals surface area (Å²) >= 11 is 0. The molecule has 2 aromatic rings. The van der Waals surface area contributed by atoms with Crippen molar-refractivity contribution in [1.82, 2.24) is 0 Å². The molecular weight excluding hydrogens is 350 g/mol. The third kappa shape index (κ3) is 4.31. The summed E-state index contributed by atoms with van der Waals surface area (Å²) in [5.41, 5.74) is 2.86. The Balaban J connectivity index is 1.65. The molecule has 0 aliphatic carbocycles. The molecule has 7 heteroatoms. The Morgan fingerprint density at radius 3 is 2.67 bits per heavy atom. The lowest BCUT2D eigenvalue weighted by Crippen LogP contribution is -2.22. The SMILES string of the molecule is COc1cc(C(=O)OCC(=O)Nc2cc(C)ccc2C)cc2c1OCCO2. The van der Waals surface area contributed by atoms with Gasteiger partial charge in [-0.3, -0.25) is 4.79 Å². The molecule has 0 atom stereocenters. The number of ether oxygens (including phenoxy) is 4. The van der Waals surface area contributed by atoms with Gasteiger partial charge in [0.25, 0.3) is 5.91 Å². The molecule has 0 unspecified atom stereocenters. The van der Waals surface area contributed by atoms with Crippen molar-refractivity contribution in [2.24, 2.45) is 0 Å². The average Bonchev–Trinajstić information content (AvgIpc) is 2.68. The first-order valence-electron chi connectivity index (χ1n) is 8.50. The normalized spacial score (nSPS) is 12.3. The van der Waals surface area contributed by atoms with Gasteiger partial charge in [-0.05, 0) is 43.2 Å². The molecule has 142 valence electrons. The fraction of sp³-hybridized carbons (Fsp3) is 0.300. The molecule has 1 heterocycles. The van der Waals surface area contributed by atoms with Crippen LogP contribution in [0.4, 0.5) is 5.69 Å². The van der Waals surface area contributed by atoms with Crippen LogP contribution in [0.3, 0.4) is 0 Å². The van der Waals surface area contributed by atoms with E-state index in [1.165, 1.54) is 19.2 Å². The summed E-state index contributed by atoms with van der Waals surface area (Å²) in [4.78, 5) is 24.4. The maximum Gasteiger partial charge on any atom is 0.338 e. The van der Waals surface area contributed by atoms with Crippen molar-refractivity contribution < 1.29 is 28.5 Å². The fourth-order valence-electron chi connectivity index (χ4n) is 2.66. The minimum absolute atomic E-state index is 0.218. The molecule has 0 bridgehead atoms. The summed E-state index contributed by atoms with van der Waals surface area (Å²) in [7, 11) is 1.47. The van der Waals surface area contributed by atoms with Crippen LogP contribution in [0.2, 0.25) is 0 Å². The summed E-state index contributed by atoms with van der Waals surface area (Å²) in [5, 5.41) is 2.74. The molecule has 0 saturated heterocycles. The highest BCUT2D eigenvalue weighted by molar-refractivity contribution is 5.96. The van der Waals surface area contributed by atoms with E-state index in [1.807, 2.05) is 32.0 Å². The van der Waals surface area contributed by atoms with Crippen LogP contribution in [0.5, 0.6) is 17.2 Å². The van der Waals surface area contributed by atoms with Crippen molar-refractivity contribution >= 4 is 17.6 Å². The van der Waals surface area contributed by atoms with Gasteiger partial charge in [-0.2, -0.15) is 0 Å². The van der Waals surface area contributed by atoms with Crippen LogP contribution in [0, 0.1) is 13.8 Å². The second kappa shape index (κ2) is 7.99. The van der Waals surface area contributed by atoms with Crippen LogP contribution < -0.4 is 19.5 Å². The van der Waals surface area contributed by atoms with Crippen LogP contribution in [-0.4, -0.2) is 38.8 Å². The number of nitrogens with one attached hydrogen (secondary N) is 1. The minimum atomic E-state index is -0.651. The number of rotatable bonds is 5. The molecule has 1 N–H and O–H groups in total. The largest absolute Gasteiger partial charge is 0.493 e. The van der Waals surface area contributed by atoms with Crippen molar-refractivity contribution in [3.63, 3.8) is 0 Å². The number of hydrogen-bond donors (Lipinski definition) is 1. The molecule has 0 spiro atoms. The topological polar surface area (TPSA) is 83.1 Å². The molecule has 2 aromatic carbocycles. The second-order valence-electron chi connectivity index (χ2n) is 6.15. The van der Waals surface area contributed by atoms with E-state index in [4.69, 9.17) is 18.9 Å². The predicted octanol–water partition coefficient (Wildman–Crippen LogP) is 2.88. The highest BCUT2D eigenvalue weighted by atomic mass is 16.6. The van der Waals surface area contributed by atoms with Crippen LogP contribution in [0.15, 0.2) is 30.3 Å². The van der Waals surface area contributed by atoms with Gasteiger partial charge in [0.2, 0.25) is 5.75 Å². The third-order valence-corrected chi connectivity index (χ3v) is 4.07. The van der Waals surface area contributed by atoms with E-state index in [9.17, 15) is 9.59 Å². The highest BCUT2D eigenvalue weighted by Crippen LogP contribution is 2.40. The Morgan fingerprint density at radius 2 is 1.89 bits per heavy atom. The molecule has 1 aliphatic heterocycles. The van der Waals surface area contributed by atoms with Gasteiger partial charge in [0.1, 0.15) is 13.2 Å². The fourth-order valence-corrected chi connectivity index (χ4v) is 2.66. The summed E-state index contributed by atoms with van der Waals surface area (Å²) in [6.45, 7) is 4.22. The van der Waals surface area contributed by atoms with Crippen molar-refractivity contribution in [2.45, 2.75) is 13.8 Å². The van der Waals surface area contributed by atoms with E-state index in [-0.39, 0.29) is 5.56 Å². The molecule has 0 fully saturated rings. The number of fused-ring (bicyclic) bond motifs is 1. The Labute approximate surface area is 157 Å². The molecule has 1 aliphatic rings. The predicted molar refractivity (Wildman–Crippen MR) is 98.8 cm³/mol. The van der Waals surface area contributed by atoms with Crippen molar-refractivity contribution in [2.75, 3.05) is 32.2 Å². The van der Waals surface area contributed by atoms with Gasteiger partial charge in [-0.1, -0.05) is 12.1 Å². The summed E-state index contributed by atoms with van der Waals surface area (Å²) in [6.07, 6.45) is 0. The van der Waals surface area contributed by atoms with Crippen LogP contribution in [0.1, 0.15) is 21.5 Å². The van der Waals surface area contributed by atoms with E-state index in [1.54, 1.807) is 0 Å². The van der Waals surface area contributed by atoms with Crippen LogP contribution in [0.25, 0.3) is 0 Å². The van der Waals surface area contributed by atoms with Crippen LogP contribution in [-0.2, 0) is 9.53 Å². The minimum Gasteiger partial charge on any atom is -0.493 e. The van der Waals surface area contributed by atoms with Crippen molar-refractivity contribution in [3.05, 3.63) is 47.0 Å². The standard InChI is InChI=1S/C20H21NO6/c1-12-4-5-13(2)15(8-12)21-18(22)11-27-20(23)14-9-16(24-3)19-17(10-14)25-6-7-26-19/h4-5,8-10H,6-7,11H2,1-3H3,(H,21,22). The third-order valence-electron chi connectivity index (χ3n) is 4.07. The first kappa shape index (κ1) is 18.6. The van der Waals surface area contributed by atoms with E-state index >= 15 is 0 Å². The molecular formula is C20H21NO6. The number of carbonyl (C=O) groups is 2. The lowest BCUT2D eigenvalue weighted by molar-refractivity contribution is -0.119. The van der Waals surface area contributed by atoms with E-state index in [0.717, 1.165) is 11.1 Å². The number of amides is 1. The summed E-state index contributed by atoms with van der Waals surface area (Å²) < 4.78 is 21.4. The first-order chi connectivity index (χ1) is 13.0. The van der Waals surface area contributed by atoms with Crippen molar-refractivity contribution in [3.8, 4) is 17.2 Å². The van der Waals surface area contributed by atoms with Gasteiger partial charge in [-0.15, -0.1) is 0 Å². The highest BCUT2D eigenvalue weighted by Gasteiger charge is 2.22. The van der Waals surface area contributed by atoms with Gasteiger partial charge in [-0.25, -0.2) is 4.79 Å². The Morgan fingerprint density at radius 1 is 1.11 bits per heavy atom. The average molecular weight is 371 g/mol. The number of methoxy groups -OCH3 is 1. The molecule has 1 amide bonds. The second-order valence-corrected chi connectivity index (χ2v) is 6.15. The maximum absolute atomic E-state index is 12.3. The monoisotopic (exact) mass is 371 g/mol. The van der Waals surface area contributed by atoms with Gasteiger partial charge in [0.05, 0.1) is 12.7 Å². The van der Waals surface area contributed by atoms with Gasteiger partial charge in [0, 0.05) is 5.69 Å².